The number of thioether (sulfide) groups is 1. The van der Waals surface area contributed by atoms with Gasteiger partial charge in [-0.05, 0) is 36.5 Å². The lowest BCUT2D eigenvalue weighted by atomic mass is 9.68. The number of Topliss-reactive ketones (excluding diaryl/α,β-unsaturated/α-hetero) is 1. The molecule has 1 aliphatic carbocycles. The van der Waals surface area contributed by atoms with Crippen LogP contribution in [0.1, 0.15) is 43.7 Å². The molecule has 0 radical (unpaired) electrons. The number of nitriles is 1. The first kappa shape index (κ1) is 30.1. The summed E-state index contributed by atoms with van der Waals surface area (Å²) in [6, 6.07) is 15.3. The molecule has 1 unspecified atom stereocenters. The molecule has 12 heteroatoms. The molecule has 0 fully saturated rings. The van der Waals surface area contributed by atoms with E-state index in [1.165, 1.54) is 30.2 Å². The lowest BCUT2D eigenvalue weighted by Gasteiger charge is -2.42. The predicted octanol–water partition coefficient (Wildman–Crippen LogP) is 5.54. The third kappa shape index (κ3) is 6.09. The first-order valence-electron chi connectivity index (χ1n) is 13.6. The van der Waals surface area contributed by atoms with E-state index in [2.05, 4.69) is 21.6 Å². The molecule has 2 aliphatic rings. The summed E-state index contributed by atoms with van der Waals surface area (Å²) in [5.74, 6) is 0.602. The average molecular weight is 617 g/mol. The minimum Gasteiger partial charge on any atom is -0.493 e. The van der Waals surface area contributed by atoms with Crippen LogP contribution >= 0.6 is 23.1 Å². The Bertz CT molecular complexity index is 1700. The number of nitrogens with zero attached hydrogens (tertiary/aromatic N) is 4. The molecule has 5 rings (SSSR count). The summed E-state index contributed by atoms with van der Waals surface area (Å²) in [5, 5.41) is 22.3. The zero-order valence-electron chi connectivity index (χ0n) is 24.6. The topological polar surface area (TPSA) is 143 Å². The van der Waals surface area contributed by atoms with Gasteiger partial charge in [0.2, 0.25) is 11.0 Å². The van der Waals surface area contributed by atoms with E-state index in [4.69, 9.17) is 15.2 Å². The van der Waals surface area contributed by atoms with Crippen LogP contribution in [0, 0.1) is 23.7 Å². The van der Waals surface area contributed by atoms with Crippen molar-refractivity contribution in [2.24, 2.45) is 11.1 Å². The number of ketones is 1. The summed E-state index contributed by atoms with van der Waals surface area (Å²) in [5.41, 5.74) is 10.5. The minimum atomic E-state index is -0.554. The number of methoxy groups -OCH3 is 2. The number of amides is 1. The van der Waals surface area contributed by atoms with Gasteiger partial charge >= 0.3 is 0 Å². The molecule has 1 atom stereocenters. The van der Waals surface area contributed by atoms with Gasteiger partial charge in [0.25, 0.3) is 0 Å². The van der Waals surface area contributed by atoms with E-state index < -0.39 is 5.92 Å². The number of rotatable bonds is 8. The number of anilines is 2. The summed E-state index contributed by atoms with van der Waals surface area (Å²) < 4.78 is 11.1. The molecular formula is C31H32N6O4S2. The number of carbonyl (C=O) groups is 2. The normalized spacial score (nSPS) is 17.8. The van der Waals surface area contributed by atoms with Gasteiger partial charge in [0.05, 0.1) is 37.5 Å². The second kappa shape index (κ2) is 12.1. The van der Waals surface area contributed by atoms with E-state index in [1.54, 1.807) is 30.2 Å². The average Bonchev–Trinajstić information content (AvgIpc) is 3.43. The molecule has 0 saturated carbocycles. The van der Waals surface area contributed by atoms with Crippen molar-refractivity contribution in [3.05, 3.63) is 76.3 Å². The number of ether oxygens (including phenoxy) is 2. The zero-order valence-corrected chi connectivity index (χ0v) is 26.2. The Morgan fingerprint density at radius 1 is 1.19 bits per heavy atom. The quantitative estimate of drug-likeness (QED) is 0.310. The number of allylic oxidation sites excluding steroid dienone is 3. The van der Waals surface area contributed by atoms with Crippen molar-refractivity contribution < 1.29 is 19.1 Å². The van der Waals surface area contributed by atoms with Crippen LogP contribution in [0.5, 0.6) is 11.5 Å². The van der Waals surface area contributed by atoms with Crippen LogP contribution in [0.15, 0.2) is 69.5 Å². The molecular weight excluding hydrogens is 585 g/mol. The molecule has 1 aliphatic heterocycles. The Hall–Kier alpha value is -4.34. The van der Waals surface area contributed by atoms with Gasteiger partial charge in [0.1, 0.15) is 5.82 Å². The summed E-state index contributed by atoms with van der Waals surface area (Å²) in [7, 11) is 3.08. The smallest absolute Gasteiger partial charge is 0.234 e. The van der Waals surface area contributed by atoms with Crippen LogP contribution in [-0.2, 0) is 9.59 Å². The summed E-state index contributed by atoms with van der Waals surface area (Å²) in [4.78, 5) is 28.1. The van der Waals surface area contributed by atoms with Gasteiger partial charge < -0.3 is 20.5 Å². The van der Waals surface area contributed by atoms with Crippen LogP contribution < -0.4 is 25.4 Å². The standard InChI is InChI=1S/C31H32N6O4S2/c1-17-7-6-8-18(11-17)26-20(15-32)28(33)37(21-13-31(2,3)14-22(38)27(21)26)29-35-36-30(43-29)42-16-25(39)34-19-9-10-23(40-4)24(12-19)41-5/h6-12,26H,13-14,16,33H2,1-5H3,(H,34,39). The van der Waals surface area contributed by atoms with Crippen molar-refractivity contribution in [1.29, 1.82) is 5.26 Å². The number of carbonyl (C=O) groups excluding carboxylic acids is 2. The van der Waals surface area contributed by atoms with Crippen LogP contribution in [0.2, 0.25) is 0 Å². The van der Waals surface area contributed by atoms with Crippen molar-refractivity contribution in [3.63, 3.8) is 0 Å². The lowest BCUT2D eigenvalue weighted by molar-refractivity contribution is -0.118. The summed E-state index contributed by atoms with van der Waals surface area (Å²) in [6.45, 7) is 6.08. The molecule has 2 aromatic carbocycles. The second-order valence-electron chi connectivity index (χ2n) is 11.2. The van der Waals surface area contributed by atoms with Crippen LogP contribution in [-0.4, -0.2) is 41.9 Å². The third-order valence-corrected chi connectivity index (χ3v) is 9.38. The lowest BCUT2D eigenvalue weighted by Crippen LogP contribution is -2.42. The molecule has 10 nitrogen and oxygen atoms in total. The highest BCUT2D eigenvalue weighted by molar-refractivity contribution is 8.01. The van der Waals surface area contributed by atoms with E-state index in [1.807, 2.05) is 45.0 Å². The van der Waals surface area contributed by atoms with Gasteiger partial charge in [-0.2, -0.15) is 5.26 Å². The predicted molar refractivity (Wildman–Crippen MR) is 167 cm³/mol. The molecule has 1 amide bonds. The maximum absolute atomic E-state index is 13.7. The first-order valence-corrected chi connectivity index (χ1v) is 15.4. The fourth-order valence-electron chi connectivity index (χ4n) is 5.50. The summed E-state index contributed by atoms with van der Waals surface area (Å²) in [6.07, 6.45) is 0.943. The highest BCUT2D eigenvalue weighted by Gasteiger charge is 2.45. The Labute approximate surface area is 258 Å². The van der Waals surface area contributed by atoms with Gasteiger partial charge in [-0.25, -0.2) is 0 Å². The van der Waals surface area contributed by atoms with E-state index in [9.17, 15) is 14.9 Å². The van der Waals surface area contributed by atoms with Crippen molar-refractivity contribution in [3.8, 4) is 17.6 Å². The second-order valence-corrected chi connectivity index (χ2v) is 13.3. The van der Waals surface area contributed by atoms with Crippen LogP contribution in [0.4, 0.5) is 10.8 Å². The van der Waals surface area contributed by atoms with E-state index in [-0.39, 0.29) is 28.7 Å². The molecule has 222 valence electrons. The number of nitrogens with two attached hydrogens (primary N) is 1. The van der Waals surface area contributed by atoms with E-state index in [0.29, 0.717) is 50.6 Å². The van der Waals surface area contributed by atoms with E-state index in [0.717, 1.165) is 16.8 Å². The summed E-state index contributed by atoms with van der Waals surface area (Å²) >= 11 is 2.48. The zero-order chi connectivity index (χ0) is 30.9. The van der Waals surface area contributed by atoms with Crippen LogP contribution in [0.25, 0.3) is 0 Å². The monoisotopic (exact) mass is 616 g/mol. The maximum Gasteiger partial charge on any atom is 0.234 e. The largest absolute Gasteiger partial charge is 0.493 e. The molecule has 2 heterocycles. The van der Waals surface area contributed by atoms with Crippen molar-refractivity contribution in [1.82, 2.24) is 10.2 Å². The number of nitrogens with one attached hydrogen (secondary N) is 1. The van der Waals surface area contributed by atoms with Gasteiger partial charge in [-0.15, -0.1) is 10.2 Å². The van der Waals surface area contributed by atoms with Crippen molar-refractivity contribution in [2.75, 3.05) is 30.2 Å². The Morgan fingerprint density at radius 2 is 1.95 bits per heavy atom. The molecule has 0 spiro atoms. The number of benzene rings is 2. The van der Waals surface area contributed by atoms with Crippen molar-refractivity contribution >= 4 is 45.6 Å². The first-order chi connectivity index (χ1) is 20.5. The molecule has 0 bridgehead atoms. The number of aromatic nitrogens is 2. The van der Waals surface area contributed by atoms with Crippen molar-refractivity contribution in [2.45, 2.75) is 43.9 Å². The molecule has 0 saturated heterocycles. The Balaban J connectivity index is 1.42. The highest BCUT2D eigenvalue weighted by Crippen LogP contribution is 2.50. The molecule has 3 aromatic rings. The van der Waals surface area contributed by atoms with Gasteiger partial charge in [0, 0.05) is 29.4 Å². The Morgan fingerprint density at radius 3 is 2.65 bits per heavy atom. The highest BCUT2D eigenvalue weighted by atomic mass is 32.2. The molecule has 3 N–H and O–H groups in total. The van der Waals surface area contributed by atoms with Gasteiger partial charge in [0.15, 0.2) is 21.6 Å². The number of hydrogen-bond donors (Lipinski definition) is 2. The molecule has 1 aromatic heterocycles. The van der Waals surface area contributed by atoms with Gasteiger partial charge in [-0.1, -0.05) is 66.8 Å². The third-order valence-electron chi connectivity index (χ3n) is 7.34. The van der Waals surface area contributed by atoms with E-state index >= 15 is 0 Å². The maximum atomic E-state index is 13.7. The SMILES string of the molecule is COc1ccc(NC(=O)CSc2nnc(N3C(N)=C(C#N)C(c4cccc(C)c4)C4=C3CC(C)(C)CC4=O)s2)cc1OC. The fourth-order valence-corrected chi connectivity index (χ4v) is 7.18. The number of hydrogen-bond acceptors (Lipinski definition) is 11. The number of aryl methyl sites for hydroxylation is 1. The minimum absolute atomic E-state index is 0.00560. The Kier molecular flexibility index (Phi) is 8.48. The fraction of sp³-hybridized carbons (Fsp3) is 0.323. The van der Waals surface area contributed by atoms with Crippen LogP contribution in [0.3, 0.4) is 0 Å². The molecule has 43 heavy (non-hydrogen) atoms. The van der Waals surface area contributed by atoms with Gasteiger partial charge in [-0.3, -0.25) is 14.5 Å².